The molecule has 0 aliphatic carbocycles. The number of piperidine rings is 1. The number of nitro groups is 1. The number of likely N-dealkylation sites (tertiary alicyclic amines) is 1. The first kappa shape index (κ1) is 16.3. The molecule has 0 aromatic heterocycles. The number of carbonyl (C=O) groups is 2. The number of rotatable bonds is 3. The first-order chi connectivity index (χ1) is 10.3. The molecule has 118 valence electrons. The van der Waals surface area contributed by atoms with Crippen molar-refractivity contribution in [3.05, 3.63) is 38.1 Å². The van der Waals surface area contributed by atoms with Crippen LogP contribution in [0.4, 0.5) is 10.1 Å². The number of aliphatic carboxylic acids is 1. The second-order valence-corrected chi connectivity index (χ2v) is 5.68. The second-order valence-electron chi connectivity index (χ2n) is 4.89. The Morgan fingerprint density at radius 3 is 2.68 bits per heavy atom. The molecule has 1 aliphatic heterocycles. The van der Waals surface area contributed by atoms with Gasteiger partial charge in [0, 0.05) is 6.54 Å². The second kappa shape index (κ2) is 6.39. The molecule has 0 radical (unpaired) electrons. The molecule has 1 saturated heterocycles. The number of nitrogens with zero attached hydrogens (tertiary/aromatic N) is 2. The molecule has 1 aromatic rings. The Bertz CT molecular complexity index is 652. The zero-order valence-electron chi connectivity index (χ0n) is 11.3. The van der Waals surface area contributed by atoms with Gasteiger partial charge < -0.3 is 10.0 Å². The molecule has 22 heavy (non-hydrogen) atoms. The Hall–Kier alpha value is -2.03. The standard InChI is InChI=1S/C13H12BrFN2O5/c14-11-8(5-7(15)6-10(11)17(21)22)12(18)16-4-2-1-3-9(16)13(19)20/h5-6,9H,1-4H2,(H,19,20)/t9-/m1/s1. The lowest BCUT2D eigenvalue weighted by Gasteiger charge is -2.33. The molecular formula is C13H12BrFN2O5. The topological polar surface area (TPSA) is 101 Å². The van der Waals surface area contributed by atoms with Gasteiger partial charge in [-0.05, 0) is 41.3 Å². The van der Waals surface area contributed by atoms with Crippen LogP contribution in [0.15, 0.2) is 16.6 Å². The SMILES string of the molecule is O=C(O)[C@H]1CCCCN1C(=O)c1cc(F)cc([N+](=O)[O-])c1Br. The van der Waals surface area contributed by atoms with E-state index in [-0.39, 0.29) is 16.6 Å². The molecule has 1 N–H and O–H groups in total. The van der Waals surface area contributed by atoms with Crippen LogP contribution in [0.3, 0.4) is 0 Å². The Morgan fingerprint density at radius 1 is 1.41 bits per heavy atom. The number of amides is 1. The Morgan fingerprint density at radius 2 is 2.09 bits per heavy atom. The summed E-state index contributed by atoms with van der Waals surface area (Å²) in [4.78, 5) is 34.9. The summed E-state index contributed by atoms with van der Waals surface area (Å²) >= 11 is 2.94. The van der Waals surface area contributed by atoms with Gasteiger partial charge in [-0.1, -0.05) is 0 Å². The van der Waals surface area contributed by atoms with Gasteiger partial charge >= 0.3 is 5.97 Å². The zero-order valence-corrected chi connectivity index (χ0v) is 12.9. The number of carboxylic acid groups (broad SMARTS) is 1. The summed E-state index contributed by atoms with van der Waals surface area (Å²) < 4.78 is 13.4. The van der Waals surface area contributed by atoms with Crippen LogP contribution in [0.1, 0.15) is 29.6 Å². The molecular weight excluding hydrogens is 363 g/mol. The van der Waals surface area contributed by atoms with E-state index in [9.17, 15) is 29.2 Å². The van der Waals surface area contributed by atoms with Gasteiger partial charge in [0.15, 0.2) is 0 Å². The van der Waals surface area contributed by atoms with Gasteiger partial charge in [-0.3, -0.25) is 14.9 Å². The number of carbonyl (C=O) groups excluding carboxylic acids is 1. The molecule has 1 heterocycles. The highest BCUT2D eigenvalue weighted by atomic mass is 79.9. The van der Waals surface area contributed by atoms with Gasteiger partial charge in [0.25, 0.3) is 11.6 Å². The maximum Gasteiger partial charge on any atom is 0.326 e. The minimum atomic E-state index is -1.14. The number of halogens is 2. The van der Waals surface area contributed by atoms with Crippen LogP contribution in [-0.4, -0.2) is 39.4 Å². The Balaban J connectivity index is 2.44. The van der Waals surface area contributed by atoms with Crippen molar-refractivity contribution < 1.29 is 24.0 Å². The molecule has 9 heteroatoms. The van der Waals surface area contributed by atoms with E-state index >= 15 is 0 Å². The predicted octanol–water partition coefficient (Wildman–Crippen LogP) is 2.58. The van der Waals surface area contributed by atoms with Gasteiger partial charge in [-0.25, -0.2) is 9.18 Å². The number of hydrogen-bond donors (Lipinski definition) is 1. The average Bonchev–Trinajstić information content (AvgIpc) is 2.48. The van der Waals surface area contributed by atoms with Crippen molar-refractivity contribution in [2.75, 3.05) is 6.54 Å². The number of hydrogen-bond acceptors (Lipinski definition) is 4. The van der Waals surface area contributed by atoms with E-state index in [1.54, 1.807) is 0 Å². The van der Waals surface area contributed by atoms with Crippen molar-refractivity contribution in [3.8, 4) is 0 Å². The Kier molecular flexibility index (Phi) is 4.74. The molecule has 0 unspecified atom stereocenters. The van der Waals surface area contributed by atoms with E-state index in [1.807, 2.05) is 0 Å². The molecule has 0 saturated carbocycles. The summed E-state index contributed by atoms with van der Waals surface area (Å²) in [7, 11) is 0. The van der Waals surface area contributed by atoms with E-state index in [2.05, 4.69) is 15.9 Å². The molecule has 1 fully saturated rings. The molecule has 1 aliphatic rings. The molecule has 0 spiro atoms. The summed E-state index contributed by atoms with van der Waals surface area (Å²) in [6.45, 7) is 0.215. The van der Waals surface area contributed by atoms with Gasteiger partial charge in [-0.15, -0.1) is 0 Å². The molecule has 1 aromatic carbocycles. The predicted molar refractivity (Wildman–Crippen MR) is 77.1 cm³/mol. The lowest BCUT2D eigenvalue weighted by atomic mass is 10.0. The number of carboxylic acids is 1. The van der Waals surface area contributed by atoms with Crippen molar-refractivity contribution in [3.63, 3.8) is 0 Å². The molecule has 1 amide bonds. The summed E-state index contributed by atoms with van der Waals surface area (Å²) in [6.07, 6.45) is 1.60. The summed E-state index contributed by atoms with van der Waals surface area (Å²) in [5, 5.41) is 20.1. The van der Waals surface area contributed by atoms with E-state index < -0.39 is 34.3 Å². The summed E-state index contributed by atoms with van der Waals surface area (Å²) in [5.74, 6) is -2.81. The summed E-state index contributed by atoms with van der Waals surface area (Å²) in [6, 6.07) is 0.564. The van der Waals surface area contributed by atoms with Gasteiger partial charge in [0.05, 0.1) is 16.6 Å². The minimum absolute atomic E-state index is 0.154. The fourth-order valence-electron chi connectivity index (χ4n) is 2.45. The quantitative estimate of drug-likeness (QED) is 0.647. The third kappa shape index (κ3) is 3.08. The van der Waals surface area contributed by atoms with Gasteiger partial charge in [0.1, 0.15) is 16.3 Å². The lowest BCUT2D eigenvalue weighted by molar-refractivity contribution is -0.385. The highest BCUT2D eigenvalue weighted by molar-refractivity contribution is 9.10. The van der Waals surface area contributed by atoms with Crippen molar-refractivity contribution in [1.29, 1.82) is 0 Å². The van der Waals surface area contributed by atoms with Crippen LogP contribution in [0.5, 0.6) is 0 Å². The van der Waals surface area contributed by atoms with Crippen LogP contribution < -0.4 is 0 Å². The fourth-order valence-corrected chi connectivity index (χ4v) is 2.99. The lowest BCUT2D eigenvalue weighted by Crippen LogP contribution is -2.48. The molecule has 1 atom stereocenters. The van der Waals surface area contributed by atoms with E-state index in [0.29, 0.717) is 25.3 Å². The van der Waals surface area contributed by atoms with E-state index in [1.165, 1.54) is 0 Å². The zero-order chi connectivity index (χ0) is 16.4. The first-order valence-corrected chi connectivity index (χ1v) is 7.29. The first-order valence-electron chi connectivity index (χ1n) is 6.50. The van der Waals surface area contributed by atoms with Crippen LogP contribution >= 0.6 is 15.9 Å². The van der Waals surface area contributed by atoms with Crippen LogP contribution in [0, 0.1) is 15.9 Å². The van der Waals surface area contributed by atoms with Gasteiger partial charge in [0.2, 0.25) is 0 Å². The maximum atomic E-state index is 13.5. The monoisotopic (exact) mass is 374 g/mol. The minimum Gasteiger partial charge on any atom is -0.480 e. The van der Waals surface area contributed by atoms with Crippen molar-refractivity contribution in [2.45, 2.75) is 25.3 Å². The molecule has 7 nitrogen and oxygen atoms in total. The average molecular weight is 375 g/mol. The van der Waals surface area contributed by atoms with Crippen molar-refractivity contribution >= 4 is 33.5 Å². The van der Waals surface area contributed by atoms with Crippen LogP contribution in [0.25, 0.3) is 0 Å². The van der Waals surface area contributed by atoms with E-state index in [0.717, 1.165) is 11.0 Å². The molecule has 2 rings (SSSR count). The van der Waals surface area contributed by atoms with Crippen LogP contribution in [0.2, 0.25) is 0 Å². The maximum absolute atomic E-state index is 13.5. The number of benzene rings is 1. The normalized spacial score (nSPS) is 18.1. The van der Waals surface area contributed by atoms with Crippen LogP contribution in [-0.2, 0) is 4.79 Å². The van der Waals surface area contributed by atoms with Crippen molar-refractivity contribution in [2.24, 2.45) is 0 Å². The summed E-state index contributed by atoms with van der Waals surface area (Å²) in [5.41, 5.74) is -0.827. The fraction of sp³-hybridized carbons (Fsp3) is 0.385. The van der Waals surface area contributed by atoms with Gasteiger partial charge in [-0.2, -0.15) is 0 Å². The highest BCUT2D eigenvalue weighted by Crippen LogP contribution is 2.32. The largest absolute Gasteiger partial charge is 0.480 e. The van der Waals surface area contributed by atoms with Crippen molar-refractivity contribution in [1.82, 2.24) is 4.90 Å². The number of nitro benzene ring substituents is 1. The smallest absolute Gasteiger partial charge is 0.326 e. The third-order valence-electron chi connectivity index (χ3n) is 3.49. The molecule has 0 bridgehead atoms. The third-order valence-corrected chi connectivity index (χ3v) is 4.33. The highest BCUT2D eigenvalue weighted by Gasteiger charge is 2.34. The Labute approximate surface area is 133 Å². The van der Waals surface area contributed by atoms with E-state index in [4.69, 9.17) is 0 Å².